The van der Waals surface area contributed by atoms with Crippen molar-refractivity contribution in [2.45, 2.75) is 26.3 Å². The van der Waals surface area contributed by atoms with E-state index >= 15 is 0 Å². The second kappa shape index (κ2) is 6.55. The molecule has 14 heavy (non-hydrogen) atoms. The smallest absolute Gasteiger partial charge is 0.237 e. The number of nitrogens with zero attached hydrogens (tertiary/aromatic N) is 1. The molecule has 0 saturated carbocycles. The van der Waals surface area contributed by atoms with Crippen molar-refractivity contribution in [2.75, 3.05) is 12.0 Å². The Balaban J connectivity index is 3.83. The third-order valence-electron chi connectivity index (χ3n) is 1.81. The van der Waals surface area contributed by atoms with Crippen molar-refractivity contribution in [3.63, 3.8) is 0 Å². The van der Waals surface area contributed by atoms with Crippen LogP contribution in [0.5, 0.6) is 0 Å². The average molecular weight is 216 g/mol. The van der Waals surface area contributed by atoms with Crippen LogP contribution < -0.4 is 5.32 Å². The predicted octanol–water partition coefficient (Wildman–Crippen LogP) is 0.419. The SMILES string of the molecule is CC(CCS(C)=O)NC(=O)C(C)C#N. The molecule has 0 aliphatic heterocycles. The van der Waals surface area contributed by atoms with Crippen LogP contribution in [0.25, 0.3) is 0 Å². The summed E-state index contributed by atoms with van der Waals surface area (Å²) in [4.78, 5) is 11.2. The highest BCUT2D eigenvalue weighted by molar-refractivity contribution is 7.84. The number of carbonyl (C=O) groups is 1. The van der Waals surface area contributed by atoms with Crippen LogP contribution in [-0.4, -0.2) is 28.2 Å². The number of rotatable bonds is 5. The van der Waals surface area contributed by atoms with Crippen LogP contribution >= 0.6 is 0 Å². The molecule has 5 heteroatoms. The van der Waals surface area contributed by atoms with E-state index in [4.69, 9.17) is 5.26 Å². The number of amides is 1. The van der Waals surface area contributed by atoms with Gasteiger partial charge >= 0.3 is 0 Å². The third-order valence-corrected chi connectivity index (χ3v) is 2.62. The molecule has 80 valence electrons. The Kier molecular flexibility index (Phi) is 6.13. The summed E-state index contributed by atoms with van der Waals surface area (Å²) in [7, 11) is -0.830. The zero-order valence-electron chi connectivity index (χ0n) is 8.74. The Hall–Kier alpha value is -0.890. The summed E-state index contributed by atoms with van der Waals surface area (Å²) in [6.45, 7) is 3.40. The van der Waals surface area contributed by atoms with Crippen molar-refractivity contribution >= 4 is 16.7 Å². The lowest BCUT2D eigenvalue weighted by Crippen LogP contribution is -2.36. The zero-order valence-corrected chi connectivity index (χ0v) is 9.56. The normalized spacial score (nSPS) is 16.4. The van der Waals surface area contributed by atoms with E-state index < -0.39 is 16.7 Å². The van der Waals surface area contributed by atoms with E-state index in [9.17, 15) is 9.00 Å². The molecular weight excluding hydrogens is 200 g/mol. The van der Waals surface area contributed by atoms with Gasteiger partial charge in [0.1, 0.15) is 5.92 Å². The molecule has 0 heterocycles. The molecule has 3 atom stereocenters. The number of carbonyl (C=O) groups excluding carboxylic acids is 1. The van der Waals surface area contributed by atoms with Crippen LogP contribution in [-0.2, 0) is 15.6 Å². The van der Waals surface area contributed by atoms with Gasteiger partial charge in [0.25, 0.3) is 0 Å². The Morgan fingerprint density at radius 1 is 1.57 bits per heavy atom. The second-order valence-electron chi connectivity index (χ2n) is 3.33. The van der Waals surface area contributed by atoms with Gasteiger partial charge in [-0.1, -0.05) is 0 Å². The minimum Gasteiger partial charge on any atom is -0.352 e. The van der Waals surface area contributed by atoms with E-state index in [-0.39, 0.29) is 11.9 Å². The van der Waals surface area contributed by atoms with E-state index in [1.165, 1.54) is 0 Å². The number of nitrogens with one attached hydrogen (secondary N) is 1. The molecule has 3 unspecified atom stereocenters. The minimum atomic E-state index is -0.830. The van der Waals surface area contributed by atoms with Crippen molar-refractivity contribution in [2.24, 2.45) is 5.92 Å². The summed E-state index contributed by atoms with van der Waals surface area (Å²) in [6.07, 6.45) is 2.31. The van der Waals surface area contributed by atoms with Gasteiger partial charge in [0, 0.05) is 28.9 Å². The second-order valence-corrected chi connectivity index (χ2v) is 4.88. The van der Waals surface area contributed by atoms with E-state index in [0.717, 1.165) is 0 Å². The highest BCUT2D eigenvalue weighted by Crippen LogP contribution is 1.97. The molecule has 0 spiro atoms. The van der Waals surface area contributed by atoms with E-state index in [2.05, 4.69) is 5.32 Å². The topological polar surface area (TPSA) is 70.0 Å². The largest absolute Gasteiger partial charge is 0.352 e. The summed E-state index contributed by atoms with van der Waals surface area (Å²) >= 11 is 0. The fraction of sp³-hybridized carbons (Fsp3) is 0.778. The molecule has 0 aromatic heterocycles. The van der Waals surface area contributed by atoms with Gasteiger partial charge in [-0.3, -0.25) is 9.00 Å². The molecule has 1 amide bonds. The van der Waals surface area contributed by atoms with Gasteiger partial charge in [-0.25, -0.2) is 0 Å². The van der Waals surface area contributed by atoms with Crippen LogP contribution in [0.4, 0.5) is 0 Å². The van der Waals surface area contributed by atoms with Gasteiger partial charge < -0.3 is 5.32 Å². The quantitative estimate of drug-likeness (QED) is 0.724. The molecule has 0 saturated heterocycles. The highest BCUT2D eigenvalue weighted by atomic mass is 32.2. The molecule has 0 bridgehead atoms. The minimum absolute atomic E-state index is 0.0257. The standard InChI is InChI=1S/C9H16N2O2S/c1-7(6-10)9(12)11-8(2)4-5-14(3)13/h7-8H,4-5H2,1-3H3,(H,11,12). The first-order valence-electron chi connectivity index (χ1n) is 4.47. The first-order valence-corrected chi connectivity index (χ1v) is 6.20. The summed E-state index contributed by atoms with van der Waals surface area (Å²) in [6, 6.07) is 1.84. The zero-order chi connectivity index (χ0) is 11.1. The van der Waals surface area contributed by atoms with Crippen LogP contribution in [0.1, 0.15) is 20.3 Å². The third kappa shape index (κ3) is 5.70. The lowest BCUT2D eigenvalue weighted by atomic mass is 10.1. The Bertz CT molecular complexity index is 260. The van der Waals surface area contributed by atoms with E-state index in [0.29, 0.717) is 12.2 Å². The molecule has 4 nitrogen and oxygen atoms in total. The molecule has 0 radical (unpaired) electrons. The molecule has 0 aromatic rings. The van der Waals surface area contributed by atoms with Crippen LogP contribution in [0.15, 0.2) is 0 Å². The van der Waals surface area contributed by atoms with Gasteiger partial charge in [0.05, 0.1) is 6.07 Å². The highest BCUT2D eigenvalue weighted by Gasteiger charge is 2.13. The first-order chi connectivity index (χ1) is 6.47. The number of hydrogen-bond acceptors (Lipinski definition) is 3. The number of hydrogen-bond donors (Lipinski definition) is 1. The lowest BCUT2D eigenvalue weighted by molar-refractivity contribution is -0.123. The van der Waals surface area contributed by atoms with Crippen LogP contribution in [0, 0.1) is 17.2 Å². The average Bonchev–Trinajstić information content (AvgIpc) is 2.13. The molecule has 0 aliphatic rings. The Labute approximate surface area is 87.1 Å². The van der Waals surface area contributed by atoms with Crippen LogP contribution in [0.2, 0.25) is 0 Å². The summed E-state index contributed by atoms with van der Waals surface area (Å²) in [5.41, 5.74) is 0. The van der Waals surface area contributed by atoms with Crippen LogP contribution in [0.3, 0.4) is 0 Å². The molecule has 1 N–H and O–H groups in total. The molecule has 0 aliphatic carbocycles. The summed E-state index contributed by atoms with van der Waals surface area (Å²) in [5.74, 6) is -0.311. The van der Waals surface area contributed by atoms with Crippen molar-refractivity contribution in [3.8, 4) is 6.07 Å². The van der Waals surface area contributed by atoms with E-state index in [1.807, 2.05) is 13.0 Å². The monoisotopic (exact) mass is 216 g/mol. The Morgan fingerprint density at radius 2 is 2.14 bits per heavy atom. The number of nitriles is 1. The maximum Gasteiger partial charge on any atom is 0.237 e. The van der Waals surface area contributed by atoms with Crippen molar-refractivity contribution < 1.29 is 9.00 Å². The fourth-order valence-corrected chi connectivity index (χ4v) is 1.53. The molecule has 0 rings (SSSR count). The summed E-state index contributed by atoms with van der Waals surface area (Å²) < 4.78 is 10.8. The van der Waals surface area contributed by atoms with E-state index in [1.54, 1.807) is 13.2 Å². The first kappa shape index (κ1) is 13.1. The van der Waals surface area contributed by atoms with Crippen molar-refractivity contribution in [1.29, 1.82) is 5.26 Å². The van der Waals surface area contributed by atoms with Gasteiger partial charge in [0.15, 0.2) is 0 Å². The molecule has 0 aromatic carbocycles. The maximum absolute atomic E-state index is 11.2. The summed E-state index contributed by atoms with van der Waals surface area (Å²) in [5, 5.41) is 11.2. The lowest BCUT2D eigenvalue weighted by Gasteiger charge is -2.13. The fourth-order valence-electron chi connectivity index (χ4n) is 0.841. The Morgan fingerprint density at radius 3 is 2.57 bits per heavy atom. The van der Waals surface area contributed by atoms with Crippen molar-refractivity contribution in [1.82, 2.24) is 5.32 Å². The van der Waals surface area contributed by atoms with Crippen molar-refractivity contribution in [3.05, 3.63) is 0 Å². The van der Waals surface area contributed by atoms with Gasteiger partial charge in [-0.15, -0.1) is 0 Å². The van der Waals surface area contributed by atoms with Gasteiger partial charge in [0.2, 0.25) is 5.91 Å². The predicted molar refractivity (Wildman–Crippen MR) is 55.9 cm³/mol. The molecule has 0 fully saturated rings. The molecular formula is C9H16N2O2S. The van der Waals surface area contributed by atoms with Gasteiger partial charge in [-0.05, 0) is 20.3 Å². The van der Waals surface area contributed by atoms with Gasteiger partial charge in [-0.2, -0.15) is 5.26 Å². The maximum atomic E-state index is 11.2.